The molecule has 0 saturated heterocycles. The highest BCUT2D eigenvalue weighted by Gasteiger charge is 2.07. The van der Waals surface area contributed by atoms with Gasteiger partial charge in [0.15, 0.2) is 0 Å². The second kappa shape index (κ2) is 3.03. The highest BCUT2D eigenvalue weighted by atomic mass is 15.2. The molecule has 0 amide bonds. The Morgan fingerprint density at radius 3 is 3.17 bits per heavy atom. The van der Waals surface area contributed by atoms with Crippen molar-refractivity contribution >= 4 is 11.4 Å². The number of nitrogens with two attached hydrogens (primary N) is 1. The highest BCUT2D eigenvalue weighted by molar-refractivity contribution is 5.60. The van der Waals surface area contributed by atoms with E-state index < -0.39 is 0 Å². The number of nitrogen functional groups attached to an aromatic ring is 1. The molecule has 1 aliphatic heterocycles. The molecule has 1 aromatic rings. The molecule has 0 radical (unpaired) electrons. The molecule has 12 heavy (non-hydrogen) atoms. The van der Waals surface area contributed by atoms with Crippen LogP contribution in [0.5, 0.6) is 0 Å². The number of rotatable bonds is 1. The van der Waals surface area contributed by atoms with E-state index in [0.717, 1.165) is 18.7 Å². The van der Waals surface area contributed by atoms with Crippen LogP contribution in [0, 0.1) is 0 Å². The minimum atomic E-state index is 0.984. The van der Waals surface area contributed by atoms with Gasteiger partial charge in [0.05, 0.1) is 0 Å². The number of aryl methyl sites for hydroxylation is 1. The molecular weight excluding hydrogens is 150 g/mol. The fourth-order valence-electron chi connectivity index (χ4n) is 1.56. The van der Waals surface area contributed by atoms with Gasteiger partial charge in [-0.2, -0.15) is 0 Å². The van der Waals surface area contributed by atoms with Crippen LogP contribution in [0.15, 0.2) is 18.2 Å². The number of nitrogens with one attached hydrogen (secondary N) is 2. The van der Waals surface area contributed by atoms with E-state index >= 15 is 0 Å². The Morgan fingerprint density at radius 2 is 2.33 bits per heavy atom. The minimum absolute atomic E-state index is 0.984. The molecule has 0 unspecified atom stereocenters. The molecule has 1 aromatic carbocycles. The van der Waals surface area contributed by atoms with Crippen molar-refractivity contribution in [2.45, 2.75) is 12.8 Å². The first-order valence-electron chi connectivity index (χ1n) is 4.23. The Balaban J connectivity index is 2.36. The van der Waals surface area contributed by atoms with Crippen LogP contribution in [0.1, 0.15) is 12.0 Å². The van der Waals surface area contributed by atoms with E-state index in [4.69, 9.17) is 5.84 Å². The number of hydrazine groups is 1. The third kappa shape index (κ3) is 1.23. The molecule has 0 fully saturated rings. The largest absolute Gasteiger partial charge is 0.385 e. The topological polar surface area (TPSA) is 50.1 Å². The Morgan fingerprint density at radius 1 is 1.42 bits per heavy atom. The molecule has 0 saturated carbocycles. The van der Waals surface area contributed by atoms with Crippen LogP contribution in [0.3, 0.4) is 0 Å². The molecular formula is C9H13N3. The molecule has 3 nitrogen and oxygen atoms in total. The summed E-state index contributed by atoms with van der Waals surface area (Å²) in [7, 11) is 0. The number of fused-ring (bicyclic) bond motifs is 1. The van der Waals surface area contributed by atoms with E-state index in [-0.39, 0.29) is 0 Å². The number of hydrogen-bond donors (Lipinski definition) is 3. The maximum absolute atomic E-state index is 5.31. The zero-order valence-corrected chi connectivity index (χ0v) is 6.93. The second-order valence-corrected chi connectivity index (χ2v) is 3.05. The molecule has 0 aliphatic carbocycles. The van der Waals surface area contributed by atoms with Gasteiger partial charge in [-0.1, -0.05) is 0 Å². The van der Waals surface area contributed by atoms with Gasteiger partial charge in [0.25, 0.3) is 0 Å². The zero-order valence-electron chi connectivity index (χ0n) is 6.93. The normalized spacial score (nSPS) is 14.8. The first-order valence-corrected chi connectivity index (χ1v) is 4.23. The van der Waals surface area contributed by atoms with Crippen molar-refractivity contribution in [3.05, 3.63) is 23.8 Å². The van der Waals surface area contributed by atoms with E-state index in [1.165, 1.54) is 17.7 Å². The van der Waals surface area contributed by atoms with Crippen molar-refractivity contribution in [1.29, 1.82) is 0 Å². The molecule has 2 rings (SSSR count). The first kappa shape index (κ1) is 7.43. The Labute approximate surface area is 71.9 Å². The van der Waals surface area contributed by atoms with E-state index in [9.17, 15) is 0 Å². The van der Waals surface area contributed by atoms with Crippen molar-refractivity contribution in [1.82, 2.24) is 0 Å². The molecule has 1 aliphatic rings. The molecule has 4 N–H and O–H groups in total. The molecule has 64 valence electrons. The van der Waals surface area contributed by atoms with E-state index in [2.05, 4.69) is 22.9 Å². The van der Waals surface area contributed by atoms with Crippen LogP contribution < -0.4 is 16.6 Å². The number of benzene rings is 1. The first-order chi connectivity index (χ1) is 5.90. The summed E-state index contributed by atoms with van der Waals surface area (Å²) in [5.41, 5.74) is 6.24. The van der Waals surface area contributed by atoms with Gasteiger partial charge >= 0.3 is 0 Å². The molecule has 1 heterocycles. The van der Waals surface area contributed by atoms with E-state index in [1.807, 2.05) is 6.07 Å². The predicted molar refractivity (Wildman–Crippen MR) is 51.1 cm³/mol. The Bertz CT molecular complexity index is 283. The lowest BCUT2D eigenvalue weighted by atomic mass is 10.0. The molecule has 0 atom stereocenters. The summed E-state index contributed by atoms with van der Waals surface area (Å²) in [5, 5.41) is 3.35. The van der Waals surface area contributed by atoms with Gasteiger partial charge in [-0.05, 0) is 36.6 Å². The monoisotopic (exact) mass is 163 g/mol. The van der Waals surface area contributed by atoms with E-state index in [1.54, 1.807) is 0 Å². The maximum Gasteiger partial charge on any atom is 0.0489 e. The summed E-state index contributed by atoms with van der Waals surface area (Å²) >= 11 is 0. The van der Waals surface area contributed by atoms with Crippen molar-refractivity contribution in [2.24, 2.45) is 5.84 Å². The SMILES string of the molecule is NNc1ccc2c(c1)CCCN2. The van der Waals surface area contributed by atoms with Crippen LogP contribution in [-0.2, 0) is 6.42 Å². The lowest BCUT2D eigenvalue weighted by Crippen LogP contribution is -2.13. The minimum Gasteiger partial charge on any atom is -0.385 e. The van der Waals surface area contributed by atoms with Crippen molar-refractivity contribution < 1.29 is 0 Å². The van der Waals surface area contributed by atoms with Gasteiger partial charge in [0.1, 0.15) is 0 Å². The van der Waals surface area contributed by atoms with Crippen molar-refractivity contribution in [2.75, 3.05) is 17.3 Å². The average Bonchev–Trinajstić information content (AvgIpc) is 2.17. The highest BCUT2D eigenvalue weighted by Crippen LogP contribution is 2.24. The third-order valence-electron chi connectivity index (χ3n) is 2.21. The van der Waals surface area contributed by atoms with Crippen LogP contribution >= 0.6 is 0 Å². The van der Waals surface area contributed by atoms with Gasteiger partial charge in [-0.3, -0.25) is 5.84 Å². The summed E-state index contributed by atoms with van der Waals surface area (Å²) < 4.78 is 0. The van der Waals surface area contributed by atoms with Crippen LogP contribution in [0.2, 0.25) is 0 Å². The number of anilines is 2. The van der Waals surface area contributed by atoms with Crippen LogP contribution in [-0.4, -0.2) is 6.54 Å². The molecule has 0 spiro atoms. The quantitative estimate of drug-likeness (QED) is 0.432. The average molecular weight is 163 g/mol. The standard InChI is InChI=1S/C9H13N3/c10-12-8-3-4-9-7(6-8)2-1-5-11-9/h3-4,6,11-12H,1-2,5,10H2. The lowest BCUT2D eigenvalue weighted by Gasteiger charge is -2.18. The van der Waals surface area contributed by atoms with Gasteiger partial charge in [-0.25, -0.2) is 0 Å². The predicted octanol–water partition coefficient (Wildman–Crippen LogP) is 1.33. The Hall–Kier alpha value is -1.22. The van der Waals surface area contributed by atoms with Gasteiger partial charge < -0.3 is 10.7 Å². The van der Waals surface area contributed by atoms with Crippen LogP contribution in [0.4, 0.5) is 11.4 Å². The summed E-state index contributed by atoms with van der Waals surface area (Å²) in [6, 6.07) is 6.16. The van der Waals surface area contributed by atoms with Gasteiger partial charge in [0, 0.05) is 17.9 Å². The Kier molecular flexibility index (Phi) is 1.87. The van der Waals surface area contributed by atoms with Gasteiger partial charge in [0.2, 0.25) is 0 Å². The number of hydrogen-bond acceptors (Lipinski definition) is 3. The smallest absolute Gasteiger partial charge is 0.0489 e. The molecule has 0 aromatic heterocycles. The lowest BCUT2D eigenvalue weighted by molar-refractivity contribution is 0.830. The molecule has 3 heteroatoms. The summed E-state index contributed by atoms with van der Waals surface area (Å²) in [6.07, 6.45) is 2.36. The molecule has 0 bridgehead atoms. The van der Waals surface area contributed by atoms with Crippen molar-refractivity contribution in [3.8, 4) is 0 Å². The van der Waals surface area contributed by atoms with E-state index in [0.29, 0.717) is 0 Å². The fourth-order valence-corrected chi connectivity index (χ4v) is 1.56. The summed E-state index contributed by atoms with van der Waals surface area (Å²) in [6.45, 7) is 1.09. The van der Waals surface area contributed by atoms with Crippen LogP contribution in [0.25, 0.3) is 0 Å². The second-order valence-electron chi connectivity index (χ2n) is 3.05. The van der Waals surface area contributed by atoms with Crippen molar-refractivity contribution in [3.63, 3.8) is 0 Å². The third-order valence-corrected chi connectivity index (χ3v) is 2.21. The maximum atomic E-state index is 5.31. The summed E-state index contributed by atoms with van der Waals surface area (Å²) in [4.78, 5) is 0. The van der Waals surface area contributed by atoms with Gasteiger partial charge in [-0.15, -0.1) is 0 Å². The summed E-state index contributed by atoms with van der Waals surface area (Å²) in [5.74, 6) is 5.31. The zero-order chi connectivity index (χ0) is 8.39. The fraction of sp³-hybridized carbons (Fsp3) is 0.333.